The standard InChI is InChI=1S/C20H21F2NO4/c1-26-17-5-3-2-4-14(17)20(6-8-27-9-7-20)12-23-19(25)18-15(22)10-13(21)11-16(18)24/h2-5,10-11,24H,6-9,12H2,1H3,(H,23,25). The van der Waals surface area contributed by atoms with Gasteiger partial charge in [0.25, 0.3) is 5.91 Å². The Morgan fingerprint density at radius 1 is 1.26 bits per heavy atom. The summed E-state index contributed by atoms with van der Waals surface area (Å²) in [6.07, 6.45) is 1.29. The second-order valence-electron chi connectivity index (χ2n) is 6.56. The third kappa shape index (κ3) is 3.88. The van der Waals surface area contributed by atoms with Crippen molar-refractivity contribution < 1.29 is 28.2 Å². The topological polar surface area (TPSA) is 67.8 Å². The Labute approximate surface area is 155 Å². The van der Waals surface area contributed by atoms with Gasteiger partial charge in [0.05, 0.1) is 7.11 Å². The number of methoxy groups -OCH3 is 1. The molecular weight excluding hydrogens is 356 g/mol. The van der Waals surface area contributed by atoms with E-state index in [0.717, 1.165) is 5.56 Å². The van der Waals surface area contributed by atoms with Crippen LogP contribution in [0, 0.1) is 11.6 Å². The van der Waals surface area contributed by atoms with Gasteiger partial charge < -0.3 is 19.9 Å². The van der Waals surface area contributed by atoms with Gasteiger partial charge in [-0.15, -0.1) is 0 Å². The van der Waals surface area contributed by atoms with Crippen LogP contribution in [0.15, 0.2) is 36.4 Å². The van der Waals surface area contributed by atoms with Crippen molar-refractivity contribution in [3.8, 4) is 11.5 Å². The molecule has 0 unspecified atom stereocenters. The third-order valence-electron chi connectivity index (χ3n) is 4.98. The Bertz CT molecular complexity index is 811. The van der Waals surface area contributed by atoms with Crippen LogP contribution >= 0.6 is 0 Å². The van der Waals surface area contributed by atoms with Crippen LogP contribution in [0.25, 0.3) is 0 Å². The average molecular weight is 377 g/mol. The summed E-state index contributed by atoms with van der Waals surface area (Å²) in [5, 5.41) is 12.5. The molecule has 0 aliphatic carbocycles. The molecule has 2 aromatic carbocycles. The van der Waals surface area contributed by atoms with Crippen molar-refractivity contribution in [3.63, 3.8) is 0 Å². The molecule has 1 saturated heterocycles. The highest BCUT2D eigenvalue weighted by Gasteiger charge is 2.37. The molecule has 0 aromatic heterocycles. The molecule has 0 saturated carbocycles. The molecule has 0 atom stereocenters. The first-order valence-corrected chi connectivity index (χ1v) is 8.64. The summed E-state index contributed by atoms with van der Waals surface area (Å²) in [5.74, 6) is -2.89. The van der Waals surface area contributed by atoms with E-state index in [0.29, 0.717) is 43.9 Å². The van der Waals surface area contributed by atoms with Crippen molar-refractivity contribution in [1.82, 2.24) is 5.32 Å². The number of para-hydroxylation sites is 1. The molecular formula is C20H21F2NO4. The fourth-order valence-electron chi connectivity index (χ4n) is 3.51. The van der Waals surface area contributed by atoms with Crippen molar-refractivity contribution in [2.75, 3.05) is 26.9 Å². The maximum atomic E-state index is 14.0. The molecule has 0 spiro atoms. The molecule has 3 rings (SSSR count). The van der Waals surface area contributed by atoms with E-state index in [-0.39, 0.29) is 6.54 Å². The van der Waals surface area contributed by atoms with E-state index in [9.17, 15) is 18.7 Å². The minimum Gasteiger partial charge on any atom is -0.507 e. The molecule has 0 bridgehead atoms. The van der Waals surface area contributed by atoms with Crippen molar-refractivity contribution in [1.29, 1.82) is 0 Å². The summed E-state index contributed by atoms with van der Waals surface area (Å²) < 4.78 is 38.1. The van der Waals surface area contributed by atoms with Gasteiger partial charge in [0.15, 0.2) is 0 Å². The van der Waals surface area contributed by atoms with E-state index < -0.39 is 34.3 Å². The van der Waals surface area contributed by atoms with E-state index in [4.69, 9.17) is 9.47 Å². The van der Waals surface area contributed by atoms with Crippen LogP contribution in [-0.4, -0.2) is 37.9 Å². The van der Waals surface area contributed by atoms with E-state index in [1.54, 1.807) is 7.11 Å². The summed E-state index contributed by atoms with van der Waals surface area (Å²) in [4.78, 5) is 12.5. The smallest absolute Gasteiger partial charge is 0.258 e. The number of aromatic hydroxyl groups is 1. The maximum absolute atomic E-state index is 14.0. The Morgan fingerprint density at radius 3 is 2.63 bits per heavy atom. The largest absolute Gasteiger partial charge is 0.507 e. The predicted molar refractivity (Wildman–Crippen MR) is 95.1 cm³/mol. The zero-order chi connectivity index (χ0) is 19.4. The second-order valence-corrected chi connectivity index (χ2v) is 6.56. The Morgan fingerprint density at radius 2 is 1.96 bits per heavy atom. The van der Waals surface area contributed by atoms with Gasteiger partial charge in [0, 0.05) is 42.9 Å². The van der Waals surface area contributed by atoms with Crippen molar-refractivity contribution >= 4 is 5.91 Å². The van der Waals surface area contributed by atoms with Crippen molar-refractivity contribution in [2.24, 2.45) is 0 Å². The molecule has 2 aromatic rings. The summed E-state index contributed by atoms with van der Waals surface area (Å²) in [7, 11) is 1.58. The van der Waals surface area contributed by atoms with E-state index in [2.05, 4.69) is 5.32 Å². The van der Waals surface area contributed by atoms with Gasteiger partial charge in [0.2, 0.25) is 0 Å². The number of amides is 1. The molecule has 144 valence electrons. The number of hydrogen-bond donors (Lipinski definition) is 2. The van der Waals surface area contributed by atoms with Gasteiger partial charge >= 0.3 is 0 Å². The molecule has 0 radical (unpaired) electrons. The monoisotopic (exact) mass is 377 g/mol. The number of carbonyl (C=O) groups excluding carboxylic acids is 1. The lowest BCUT2D eigenvalue weighted by Gasteiger charge is -2.38. The maximum Gasteiger partial charge on any atom is 0.258 e. The molecule has 7 heteroatoms. The highest BCUT2D eigenvalue weighted by atomic mass is 19.1. The first-order chi connectivity index (χ1) is 13.0. The summed E-state index contributed by atoms with van der Waals surface area (Å²) in [6.45, 7) is 1.24. The van der Waals surface area contributed by atoms with E-state index in [1.165, 1.54) is 0 Å². The van der Waals surface area contributed by atoms with Gasteiger partial charge in [0.1, 0.15) is 28.7 Å². The number of carbonyl (C=O) groups is 1. The summed E-state index contributed by atoms with van der Waals surface area (Å²) in [6, 6.07) is 8.82. The van der Waals surface area contributed by atoms with Crippen molar-refractivity contribution in [3.05, 3.63) is 59.2 Å². The predicted octanol–water partition coefficient (Wildman–Crippen LogP) is 3.16. The van der Waals surface area contributed by atoms with Crippen LogP contribution < -0.4 is 10.1 Å². The lowest BCUT2D eigenvalue weighted by atomic mass is 9.73. The fourth-order valence-corrected chi connectivity index (χ4v) is 3.51. The number of halogens is 2. The normalized spacial score (nSPS) is 16.0. The zero-order valence-corrected chi connectivity index (χ0v) is 14.9. The number of phenolic OH excluding ortho intramolecular Hbond substituents is 1. The fraction of sp³-hybridized carbons (Fsp3) is 0.350. The second kappa shape index (κ2) is 7.92. The Hall–Kier alpha value is -2.67. The number of phenols is 1. The zero-order valence-electron chi connectivity index (χ0n) is 14.9. The number of hydrogen-bond acceptors (Lipinski definition) is 4. The van der Waals surface area contributed by atoms with Gasteiger partial charge in [-0.1, -0.05) is 18.2 Å². The molecule has 5 nitrogen and oxygen atoms in total. The molecule has 1 fully saturated rings. The molecule has 1 aliphatic rings. The number of rotatable bonds is 5. The quantitative estimate of drug-likeness (QED) is 0.840. The molecule has 1 amide bonds. The van der Waals surface area contributed by atoms with Crippen LogP contribution in [0.4, 0.5) is 8.78 Å². The first-order valence-electron chi connectivity index (χ1n) is 8.64. The number of ether oxygens (including phenoxy) is 2. The van der Waals surface area contributed by atoms with Crippen LogP contribution in [0.3, 0.4) is 0 Å². The molecule has 2 N–H and O–H groups in total. The first kappa shape index (κ1) is 19.1. The highest BCUT2D eigenvalue weighted by molar-refractivity contribution is 5.97. The third-order valence-corrected chi connectivity index (χ3v) is 4.98. The minimum absolute atomic E-state index is 0.200. The van der Waals surface area contributed by atoms with Crippen LogP contribution in [0.5, 0.6) is 11.5 Å². The summed E-state index contributed by atoms with van der Waals surface area (Å²) >= 11 is 0. The summed E-state index contributed by atoms with van der Waals surface area (Å²) in [5.41, 5.74) is -0.0920. The van der Waals surface area contributed by atoms with Crippen LogP contribution in [0.1, 0.15) is 28.8 Å². The Kier molecular flexibility index (Phi) is 5.60. The van der Waals surface area contributed by atoms with E-state index >= 15 is 0 Å². The van der Waals surface area contributed by atoms with Gasteiger partial charge in [-0.25, -0.2) is 8.78 Å². The van der Waals surface area contributed by atoms with Crippen molar-refractivity contribution in [2.45, 2.75) is 18.3 Å². The Balaban J connectivity index is 1.87. The molecule has 27 heavy (non-hydrogen) atoms. The average Bonchev–Trinajstić information content (AvgIpc) is 2.66. The highest BCUT2D eigenvalue weighted by Crippen LogP contribution is 2.39. The molecule has 1 heterocycles. The SMILES string of the molecule is COc1ccccc1C1(CNC(=O)c2c(O)cc(F)cc2F)CCOCC1. The van der Waals surface area contributed by atoms with Gasteiger partial charge in [-0.05, 0) is 18.9 Å². The number of benzene rings is 2. The lowest BCUT2D eigenvalue weighted by molar-refractivity contribution is 0.0478. The molecule has 1 aliphatic heterocycles. The van der Waals surface area contributed by atoms with Crippen LogP contribution in [-0.2, 0) is 10.2 Å². The van der Waals surface area contributed by atoms with Crippen LogP contribution in [0.2, 0.25) is 0 Å². The minimum atomic E-state index is -1.11. The van der Waals surface area contributed by atoms with E-state index in [1.807, 2.05) is 24.3 Å². The lowest BCUT2D eigenvalue weighted by Crippen LogP contribution is -2.45. The van der Waals surface area contributed by atoms with Gasteiger partial charge in [-0.3, -0.25) is 4.79 Å². The van der Waals surface area contributed by atoms with Gasteiger partial charge in [-0.2, -0.15) is 0 Å². The number of nitrogens with one attached hydrogen (secondary N) is 1.